The molecule has 0 aliphatic rings. The average Bonchev–Trinajstić information content (AvgIpc) is 2.14. The molecule has 72 valence electrons. The minimum Gasteiger partial charge on any atom is -0.387 e. The summed E-state index contributed by atoms with van der Waals surface area (Å²) in [6, 6.07) is 3.42. The van der Waals surface area contributed by atoms with Gasteiger partial charge in [-0.15, -0.1) is 0 Å². The zero-order chi connectivity index (χ0) is 9.68. The van der Waals surface area contributed by atoms with Gasteiger partial charge < -0.3 is 5.11 Å². The van der Waals surface area contributed by atoms with Crippen LogP contribution in [0.2, 0.25) is 5.02 Å². The summed E-state index contributed by atoms with van der Waals surface area (Å²) in [4.78, 5) is 4.06. The molecule has 0 spiro atoms. The summed E-state index contributed by atoms with van der Waals surface area (Å²) in [6.07, 6.45) is 3.99. The molecular weight excluding hydrogens is 186 g/mol. The van der Waals surface area contributed by atoms with Gasteiger partial charge in [0.2, 0.25) is 0 Å². The van der Waals surface area contributed by atoms with Crippen molar-refractivity contribution in [3.63, 3.8) is 0 Å². The first kappa shape index (κ1) is 10.5. The van der Waals surface area contributed by atoms with Crippen LogP contribution in [0.25, 0.3) is 0 Å². The molecule has 0 saturated heterocycles. The first-order chi connectivity index (χ1) is 6.24. The van der Waals surface area contributed by atoms with E-state index in [1.807, 2.05) is 0 Å². The van der Waals surface area contributed by atoms with Gasteiger partial charge in [0, 0.05) is 11.2 Å². The fourth-order valence-electron chi connectivity index (χ4n) is 1.15. The van der Waals surface area contributed by atoms with Crippen molar-refractivity contribution in [3.8, 4) is 0 Å². The molecule has 13 heavy (non-hydrogen) atoms. The van der Waals surface area contributed by atoms with Crippen LogP contribution < -0.4 is 0 Å². The van der Waals surface area contributed by atoms with Crippen LogP contribution in [0.4, 0.5) is 0 Å². The van der Waals surface area contributed by atoms with E-state index in [2.05, 4.69) is 11.9 Å². The smallest absolute Gasteiger partial charge is 0.0960 e. The van der Waals surface area contributed by atoms with Gasteiger partial charge in [0.05, 0.1) is 11.8 Å². The maximum absolute atomic E-state index is 9.65. The second-order valence-electron chi connectivity index (χ2n) is 3.06. The minimum atomic E-state index is -0.473. The van der Waals surface area contributed by atoms with Gasteiger partial charge in [-0.3, -0.25) is 4.98 Å². The first-order valence-corrected chi connectivity index (χ1v) is 4.91. The van der Waals surface area contributed by atoms with Crippen LogP contribution in [-0.2, 0) is 0 Å². The highest BCUT2D eigenvalue weighted by molar-refractivity contribution is 6.30. The van der Waals surface area contributed by atoms with Crippen LogP contribution in [0.3, 0.4) is 0 Å². The van der Waals surface area contributed by atoms with Gasteiger partial charge in [-0.25, -0.2) is 0 Å². The standard InChI is InChI=1S/C10H14ClNO/c1-2-3-4-10(13)9-7-8(11)5-6-12-9/h5-7,10,13H,2-4H2,1H3/t10-/m0/s1. The Balaban J connectivity index is 2.60. The van der Waals surface area contributed by atoms with Crippen molar-refractivity contribution < 1.29 is 5.11 Å². The third-order valence-corrected chi connectivity index (χ3v) is 2.15. The van der Waals surface area contributed by atoms with E-state index in [9.17, 15) is 5.11 Å². The Bertz CT molecular complexity index is 265. The molecule has 1 N–H and O–H groups in total. The maximum atomic E-state index is 9.65. The monoisotopic (exact) mass is 199 g/mol. The van der Waals surface area contributed by atoms with Crippen molar-refractivity contribution >= 4 is 11.6 Å². The molecule has 0 fully saturated rings. The summed E-state index contributed by atoms with van der Waals surface area (Å²) < 4.78 is 0. The van der Waals surface area contributed by atoms with Crippen LogP contribution in [-0.4, -0.2) is 10.1 Å². The molecule has 0 aliphatic carbocycles. The van der Waals surface area contributed by atoms with E-state index >= 15 is 0 Å². The molecule has 0 aliphatic heterocycles. The lowest BCUT2D eigenvalue weighted by atomic mass is 10.1. The number of aromatic nitrogens is 1. The lowest BCUT2D eigenvalue weighted by Crippen LogP contribution is -1.99. The largest absolute Gasteiger partial charge is 0.387 e. The maximum Gasteiger partial charge on any atom is 0.0960 e. The number of halogens is 1. The summed E-state index contributed by atoms with van der Waals surface area (Å²) in [5.41, 5.74) is 0.668. The molecule has 1 atom stereocenters. The number of nitrogens with zero attached hydrogens (tertiary/aromatic N) is 1. The van der Waals surface area contributed by atoms with Crippen molar-refractivity contribution in [1.82, 2.24) is 4.98 Å². The summed E-state index contributed by atoms with van der Waals surface area (Å²) in [7, 11) is 0. The Morgan fingerprint density at radius 3 is 3.00 bits per heavy atom. The number of rotatable bonds is 4. The second-order valence-corrected chi connectivity index (χ2v) is 3.49. The fourth-order valence-corrected chi connectivity index (χ4v) is 1.32. The van der Waals surface area contributed by atoms with E-state index in [0.717, 1.165) is 19.3 Å². The van der Waals surface area contributed by atoms with E-state index in [4.69, 9.17) is 11.6 Å². The molecule has 3 heteroatoms. The Kier molecular flexibility index (Phi) is 4.19. The molecule has 0 aromatic carbocycles. The number of unbranched alkanes of at least 4 members (excludes halogenated alkanes) is 1. The van der Waals surface area contributed by atoms with E-state index in [1.54, 1.807) is 18.3 Å². The van der Waals surface area contributed by atoms with Crippen molar-refractivity contribution in [1.29, 1.82) is 0 Å². The summed E-state index contributed by atoms with van der Waals surface area (Å²) in [5.74, 6) is 0. The van der Waals surface area contributed by atoms with Crippen molar-refractivity contribution in [2.24, 2.45) is 0 Å². The summed E-state index contributed by atoms with van der Waals surface area (Å²) in [6.45, 7) is 2.10. The zero-order valence-corrected chi connectivity index (χ0v) is 8.46. The molecule has 0 amide bonds. The summed E-state index contributed by atoms with van der Waals surface area (Å²) in [5, 5.41) is 10.3. The number of pyridine rings is 1. The van der Waals surface area contributed by atoms with Crippen LogP contribution in [0.15, 0.2) is 18.3 Å². The van der Waals surface area contributed by atoms with Gasteiger partial charge >= 0.3 is 0 Å². The highest BCUT2D eigenvalue weighted by Gasteiger charge is 2.07. The molecular formula is C10H14ClNO. The molecule has 0 bridgehead atoms. The van der Waals surface area contributed by atoms with Crippen molar-refractivity contribution in [2.75, 3.05) is 0 Å². The predicted molar refractivity (Wildman–Crippen MR) is 53.7 cm³/mol. The minimum absolute atomic E-state index is 0.473. The third-order valence-electron chi connectivity index (χ3n) is 1.92. The molecule has 0 radical (unpaired) electrons. The summed E-state index contributed by atoms with van der Waals surface area (Å²) >= 11 is 5.77. The van der Waals surface area contributed by atoms with E-state index in [0.29, 0.717) is 10.7 Å². The number of hydrogen-bond donors (Lipinski definition) is 1. The van der Waals surface area contributed by atoms with Crippen LogP contribution in [0.5, 0.6) is 0 Å². The van der Waals surface area contributed by atoms with E-state index in [-0.39, 0.29) is 0 Å². The Hall–Kier alpha value is -0.600. The average molecular weight is 200 g/mol. The van der Waals surface area contributed by atoms with Gasteiger partial charge in [0.25, 0.3) is 0 Å². The van der Waals surface area contributed by atoms with Crippen LogP contribution in [0, 0.1) is 0 Å². The quantitative estimate of drug-likeness (QED) is 0.809. The van der Waals surface area contributed by atoms with Crippen molar-refractivity contribution in [3.05, 3.63) is 29.0 Å². The normalized spacial score (nSPS) is 12.8. The lowest BCUT2D eigenvalue weighted by Gasteiger charge is -2.08. The third kappa shape index (κ3) is 3.33. The first-order valence-electron chi connectivity index (χ1n) is 4.53. The van der Waals surface area contributed by atoms with Gasteiger partial charge in [0.1, 0.15) is 0 Å². The molecule has 0 unspecified atom stereocenters. The molecule has 1 aromatic heterocycles. The number of aliphatic hydroxyl groups is 1. The molecule has 1 rings (SSSR count). The zero-order valence-electron chi connectivity index (χ0n) is 7.70. The molecule has 1 aromatic rings. The fraction of sp³-hybridized carbons (Fsp3) is 0.500. The van der Waals surface area contributed by atoms with Crippen LogP contribution >= 0.6 is 11.6 Å². The second kappa shape index (κ2) is 5.20. The lowest BCUT2D eigenvalue weighted by molar-refractivity contribution is 0.159. The molecule has 0 saturated carbocycles. The van der Waals surface area contributed by atoms with Crippen molar-refractivity contribution in [2.45, 2.75) is 32.3 Å². The van der Waals surface area contributed by atoms with Gasteiger partial charge in [0.15, 0.2) is 0 Å². The van der Waals surface area contributed by atoms with Gasteiger partial charge in [-0.05, 0) is 18.6 Å². The Morgan fingerprint density at radius 1 is 1.62 bits per heavy atom. The topological polar surface area (TPSA) is 33.1 Å². The van der Waals surface area contributed by atoms with Crippen LogP contribution in [0.1, 0.15) is 38.0 Å². The van der Waals surface area contributed by atoms with Gasteiger partial charge in [-0.2, -0.15) is 0 Å². The Morgan fingerprint density at radius 2 is 2.38 bits per heavy atom. The SMILES string of the molecule is CCCC[C@H](O)c1cc(Cl)ccn1. The van der Waals surface area contributed by atoms with E-state index < -0.39 is 6.10 Å². The van der Waals surface area contributed by atoms with E-state index in [1.165, 1.54) is 0 Å². The highest BCUT2D eigenvalue weighted by atomic mass is 35.5. The van der Waals surface area contributed by atoms with Gasteiger partial charge in [-0.1, -0.05) is 31.4 Å². The highest BCUT2D eigenvalue weighted by Crippen LogP contribution is 2.19. The Labute approximate surface area is 83.6 Å². The molecule has 2 nitrogen and oxygen atoms in total. The molecule has 1 heterocycles. The number of aliphatic hydroxyl groups excluding tert-OH is 1. The number of hydrogen-bond acceptors (Lipinski definition) is 2. The predicted octanol–water partition coefficient (Wildman–Crippen LogP) is 2.96.